The van der Waals surface area contributed by atoms with E-state index in [4.69, 9.17) is 23.7 Å². The van der Waals surface area contributed by atoms with Gasteiger partial charge in [-0.1, -0.05) is 0 Å². The highest BCUT2D eigenvalue weighted by molar-refractivity contribution is 6.60. The Labute approximate surface area is 127 Å². The zero-order chi connectivity index (χ0) is 16.3. The summed E-state index contributed by atoms with van der Waals surface area (Å²) < 4.78 is 22.1. The highest BCUT2D eigenvalue weighted by atomic mass is 28.4. The summed E-state index contributed by atoms with van der Waals surface area (Å²) in [5.41, 5.74) is 5.14. The van der Waals surface area contributed by atoms with Gasteiger partial charge in [0.25, 0.3) is 0 Å². The van der Waals surface area contributed by atoms with E-state index in [1.165, 1.54) is 0 Å². The quantitative estimate of drug-likeness (QED) is 0.429. The van der Waals surface area contributed by atoms with Crippen LogP contribution in [0.3, 0.4) is 0 Å². The fourth-order valence-electron chi connectivity index (χ4n) is 1.81. The van der Waals surface area contributed by atoms with Gasteiger partial charge < -0.3 is 23.7 Å². The number of rotatable bonds is 12. The number of hydrogen-bond donors (Lipinski definition) is 1. The van der Waals surface area contributed by atoms with E-state index in [9.17, 15) is 9.59 Å². The van der Waals surface area contributed by atoms with E-state index in [1.807, 2.05) is 13.8 Å². The van der Waals surface area contributed by atoms with Gasteiger partial charge in [-0.2, -0.15) is 0 Å². The molecule has 0 saturated heterocycles. The monoisotopic (exact) mass is 321 g/mol. The second kappa shape index (κ2) is 10.7. The summed E-state index contributed by atoms with van der Waals surface area (Å²) >= 11 is 0. The van der Waals surface area contributed by atoms with Crippen LogP contribution in [0, 0.1) is 0 Å². The molecule has 0 aromatic carbocycles. The normalized spacial score (nSPS) is 13.0. The van der Waals surface area contributed by atoms with E-state index in [-0.39, 0.29) is 18.9 Å². The van der Waals surface area contributed by atoms with Crippen molar-refractivity contribution < 1.29 is 27.6 Å². The molecule has 8 heteroatoms. The van der Waals surface area contributed by atoms with Crippen molar-refractivity contribution in [2.75, 3.05) is 19.8 Å². The molecule has 0 spiro atoms. The predicted octanol–water partition coefficient (Wildman–Crippen LogP) is 1.23. The van der Waals surface area contributed by atoms with Gasteiger partial charge in [-0.25, -0.2) is 4.79 Å². The maximum Gasteiger partial charge on any atom is 0.501 e. The second-order valence-electron chi connectivity index (χ2n) is 4.38. The summed E-state index contributed by atoms with van der Waals surface area (Å²) in [5.74, 6) is -0.840. The Kier molecular flexibility index (Phi) is 10.2. The number of nitrogens with two attached hydrogens (primary N) is 1. The van der Waals surface area contributed by atoms with Crippen LogP contribution in [-0.4, -0.2) is 46.6 Å². The number of amides is 1. The lowest BCUT2D eigenvalue weighted by Crippen LogP contribution is -2.49. The Morgan fingerprint density at radius 1 is 1.10 bits per heavy atom. The summed E-state index contributed by atoms with van der Waals surface area (Å²) in [5, 5.41) is 0. The van der Waals surface area contributed by atoms with Crippen molar-refractivity contribution in [3.63, 3.8) is 0 Å². The van der Waals surface area contributed by atoms with Gasteiger partial charge in [0, 0.05) is 25.7 Å². The van der Waals surface area contributed by atoms with Gasteiger partial charge in [-0.3, -0.25) is 4.79 Å². The van der Waals surface area contributed by atoms with Gasteiger partial charge in [0.1, 0.15) is 6.10 Å². The molecule has 0 saturated carbocycles. The number of esters is 1. The molecule has 0 aromatic heterocycles. The fourth-order valence-corrected chi connectivity index (χ4v) is 4.56. The SMILES string of the molecule is CCOC(=O)C(C)O[Si](CCCC(N)=O)(OCC)OCC. The molecule has 0 aliphatic carbocycles. The first-order chi connectivity index (χ1) is 9.90. The Balaban J connectivity index is 4.81. The van der Waals surface area contributed by atoms with Crippen LogP contribution in [0.2, 0.25) is 6.04 Å². The van der Waals surface area contributed by atoms with Crippen molar-refractivity contribution in [2.24, 2.45) is 5.73 Å². The Morgan fingerprint density at radius 3 is 2.10 bits per heavy atom. The Morgan fingerprint density at radius 2 is 1.67 bits per heavy atom. The molecule has 0 aliphatic rings. The molecule has 0 fully saturated rings. The van der Waals surface area contributed by atoms with E-state index >= 15 is 0 Å². The third kappa shape index (κ3) is 8.15. The van der Waals surface area contributed by atoms with E-state index in [0.29, 0.717) is 25.7 Å². The highest BCUT2D eigenvalue weighted by Crippen LogP contribution is 2.21. The van der Waals surface area contributed by atoms with Crippen LogP contribution in [0.15, 0.2) is 0 Å². The second-order valence-corrected chi connectivity index (χ2v) is 7.06. The minimum Gasteiger partial charge on any atom is -0.464 e. The molecule has 21 heavy (non-hydrogen) atoms. The molecule has 2 N–H and O–H groups in total. The summed E-state index contributed by atoms with van der Waals surface area (Å²) in [6.07, 6.45) is -0.0494. The number of carbonyl (C=O) groups excluding carboxylic acids is 2. The Hall–Kier alpha value is -0.963. The molecule has 7 nitrogen and oxygen atoms in total. The van der Waals surface area contributed by atoms with Crippen LogP contribution >= 0.6 is 0 Å². The van der Waals surface area contributed by atoms with Crippen LogP contribution in [0.5, 0.6) is 0 Å². The molecular weight excluding hydrogens is 294 g/mol. The number of ether oxygens (including phenoxy) is 1. The van der Waals surface area contributed by atoms with Gasteiger partial charge in [0.05, 0.1) is 6.61 Å². The topological polar surface area (TPSA) is 97.1 Å². The first kappa shape index (κ1) is 20.0. The van der Waals surface area contributed by atoms with Crippen molar-refractivity contribution in [3.05, 3.63) is 0 Å². The average molecular weight is 321 g/mol. The highest BCUT2D eigenvalue weighted by Gasteiger charge is 2.43. The molecular formula is C13H27NO6Si. The predicted molar refractivity (Wildman–Crippen MR) is 79.4 cm³/mol. The van der Waals surface area contributed by atoms with E-state index in [0.717, 1.165) is 0 Å². The lowest BCUT2D eigenvalue weighted by molar-refractivity contribution is -0.153. The smallest absolute Gasteiger partial charge is 0.464 e. The van der Waals surface area contributed by atoms with Gasteiger partial charge in [-0.05, 0) is 34.1 Å². The maximum absolute atomic E-state index is 11.7. The number of carbonyl (C=O) groups is 2. The number of primary amides is 1. The summed E-state index contributed by atoms with van der Waals surface area (Å²) in [6.45, 7) is 8.07. The van der Waals surface area contributed by atoms with Crippen LogP contribution in [-0.2, 0) is 27.6 Å². The summed E-state index contributed by atoms with van der Waals surface area (Å²) in [7, 11) is -3.03. The minimum absolute atomic E-state index is 0.228. The molecule has 1 atom stereocenters. The minimum atomic E-state index is -3.03. The first-order valence-electron chi connectivity index (χ1n) is 7.31. The van der Waals surface area contributed by atoms with Crippen LogP contribution in [0.4, 0.5) is 0 Å². The first-order valence-corrected chi connectivity index (χ1v) is 9.24. The molecule has 0 rings (SSSR count). The Bertz CT molecular complexity index is 320. The van der Waals surface area contributed by atoms with Crippen molar-refractivity contribution in [1.29, 1.82) is 0 Å². The summed E-state index contributed by atoms with van der Waals surface area (Å²) in [4.78, 5) is 22.6. The van der Waals surface area contributed by atoms with Crippen LogP contribution in [0.1, 0.15) is 40.5 Å². The van der Waals surface area contributed by atoms with Gasteiger partial charge in [0.2, 0.25) is 5.91 Å². The maximum atomic E-state index is 11.7. The van der Waals surface area contributed by atoms with Gasteiger partial charge in [-0.15, -0.1) is 0 Å². The van der Waals surface area contributed by atoms with Crippen molar-refractivity contribution in [3.8, 4) is 0 Å². The largest absolute Gasteiger partial charge is 0.501 e. The summed E-state index contributed by atoms with van der Waals surface area (Å²) in [6, 6.07) is 0.432. The van der Waals surface area contributed by atoms with Crippen molar-refractivity contribution in [2.45, 2.75) is 52.7 Å². The third-order valence-electron chi connectivity index (χ3n) is 2.61. The standard InChI is InChI=1S/C13H27NO6Si/c1-5-17-13(16)11(4)20-21(18-6-2,19-7-3)10-8-9-12(14)15/h11H,5-10H2,1-4H3,(H2,14,15). The van der Waals surface area contributed by atoms with E-state index in [2.05, 4.69) is 0 Å². The molecule has 0 bridgehead atoms. The molecule has 0 heterocycles. The number of hydrogen-bond acceptors (Lipinski definition) is 6. The molecule has 0 aromatic rings. The van der Waals surface area contributed by atoms with Gasteiger partial charge in [0.15, 0.2) is 0 Å². The fraction of sp³-hybridized carbons (Fsp3) is 0.846. The van der Waals surface area contributed by atoms with Gasteiger partial charge >= 0.3 is 14.8 Å². The van der Waals surface area contributed by atoms with E-state index < -0.39 is 20.9 Å². The lowest BCUT2D eigenvalue weighted by Gasteiger charge is -2.30. The zero-order valence-electron chi connectivity index (χ0n) is 13.3. The van der Waals surface area contributed by atoms with Crippen molar-refractivity contribution in [1.82, 2.24) is 0 Å². The van der Waals surface area contributed by atoms with Crippen LogP contribution < -0.4 is 5.73 Å². The average Bonchev–Trinajstić information content (AvgIpc) is 2.39. The molecule has 124 valence electrons. The zero-order valence-corrected chi connectivity index (χ0v) is 14.3. The van der Waals surface area contributed by atoms with Crippen LogP contribution in [0.25, 0.3) is 0 Å². The molecule has 1 unspecified atom stereocenters. The van der Waals surface area contributed by atoms with Crippen molar-refractivity contribution >= 4 is 20.7 Å². The molecule has 0 radical (unpaired) electrons. The lowest BCUT2D eigenvalue weighted by atomic mass is 10.3. The molecule has 1 amide bonds. The third-order valence-corrected chi connectivity index (χ3v) is 5.75. The molecule has 0 aliphatic heterocycles. The van der Waals surface area contributed by atoms with E-state index in [1.54, 1.807) is 13.8 Å².